The lowest BCUT2D eigenvalue weighted by molar-refractivity contribution is -0.118. The number of carbonyl (C=O) groups is 1. The first-order valence-corrected chi connectivity index (χ1v) is 5.73. The molecule has 0 amide bonds. The van der Waals surface area contributed by atoms with Crippen LogP contribution in [0.25, 0.3) is 11.0 Å². The second-order valence-corrected chi connectivity index (χ2v) is 4.13. The number of carbonyl (C=O) groups excluding carboxylic acids is 1. The number of fused-ring (bicyclic) bond motifs is 1. The predicted octanol–water partition coefficient (Wildman–Crippen LogP) is 3.52. The minimum Gasteiger partial charge on any atom is -0.497 e. The molecule has 3 heteroatoms. The van der Waals surface area contributed by atoms with Crippen LogP contribution in [0.2, 0.25) is 0 Å². The normalized spacial score (nSPS) is 12.6. The molecule has 90 valence electrons. The Labute approximate surface area is 100 Å². The molecule has 0 fully saturated rings. The molecule has 0 radical (unpaired) electrons. The number of hydrogen-bond acceptors (Lipinski definition) is 3. The number of ether oxygens (including phenoxy) is 1. The zero-order valence-electron chi connectivity index (χ0n) is 10.3. The Kier molecular flexibility index (Phi) is 3.18. The predicted molar refractivity (Wildman–Crippen MR) is 66.5 cm³/mol. The van der Waals surface area contributed by atoms with Crippen molar-refractivity contribution in [2.24, 2.45) is 0 Å². The van der Waals surface area contributed by atoms with Crippen molar-refractivity contribution < 1.29 is 13.9 Å². The van der Waals surface area contributed by atoms with Crippen molar-refractivity contribution in [3.63, 3.8) is 0 Å². The lowest BCUT2D eigenvalue weighted by Crippen LogP contribution is -2.08. The highest BCUT2D eigenvalue weighted by Crippen LogP contribution is 2.33. The van der Waals surface area contributed by atoms with E-state index in [4.69, 9.17) is 9.15 Å². The number of Topliss-reactive ketones (excluding diaryl/α,β-unsaturated/α-hetero) is 1. The van der Waals surface area contributed by atoms with Gasteiger partial charge in [-0.25, -0.2) is 0 Å². The van der Waals surface area contributed by atoms with Crippen molar-refractivity contribution in [2.45, 2.75) is 26.2 Å². The van der Waals surface area contributed by atoms with Gasteiger partial charge in [-0.05, 0) is 31.5 Å². The van der Waals surface area contributed by atoms with Crippen LogP contribution in [0.5, 0.6) is 5.75 Å². The van der Waals surface area contributed by atoms with E-state index in [1.165, 1.54) is 0 Å². The van der Waals surface area contributed by atoms with Gasteiger partial charge in [0.15, 0.2) is 0 Å². The first-order chi connectivity index (χ1) is 8.17. The van der Waals surface area contributed by atoms with E-state index in [2.05, 4.69) is 0 Å². The number of furan rings is 1. The fourth-order valence-electron chi connectivity index (χ4n) is 2.18. The minimum absolute atomic E-state index is 0.126. The fraction of sp³-hybridized carbons (Fsp3) is 0.357. The quantitative estimate of drug-likeness (QED) is 0.809. The van der Waals surface area contributed by atoms with Crippen LogP contribution in [0, 0.1) is 0 Å². The van der Waals surface area contributed by atoms with Gasteiger partial charge >= 0.3 is 0 Å². The third-order valence-corrected chi connectivity index (χ3v) is 3.06. The average molecular weight is 232 g/mol. The van der Waals surface area contributed by atoms with Gasteiger partial charge in [-0.3, -0.25) is 4.79 Å². The highest BCUT2D eigenvalue weighted by atomic mass is 16.5. The van der Waals surface area contributed by atoms with Crippen LogP contribution in [0.3, 0.4) is 0 Å². The zero-order chi connectivity index (χ0) is 12.4. The van der Waals surface area contributed by atoms with E-state index >= 15 is 0 Å². The number of methoxy groups -OCH3 is 1. The van der Waals surface area contributed by atoms with Crippen molar-refractivity contribution >= 4 is 16.8 Å². The summed E-state index contributed by atoms with van der Waals surface area (Å²) >= 11 is 0. The van der Waals surface area contributed by atoms with Gasteiger partial charge in [0.05, 0.1) is 13.4 Å². The molecule has 0 saturated carbocycles. The maximum absolute atomic E-state index is 11.7. The molecule has 1 heterocycles. The molecule has 0 aliphatic heterocycles. The summed E-state index contributed by atoms with van der Waals surface area (Å²) in [5, 5.41) is 0.971. The number of hydrogen-bond donors (Lipinski definition) is 0. The summed E-state index contributed by atoms with van der Waals surface area (Å²) in [5.41, 5.74) is 1.70. The molecule has 0 aliphatic rings. The van der Waals surface area contributed by atoms with E-state index in [0.717, 1.165) is 28.7 Å². The molecule has 1 unspecified atom stereocenters. The Morgan fingerprint density at radius 2 is 2.24 bits per heavy atom. The van der Waals surface area contributed by atoms with Gasteiger partial charge in [0.1, 0.15) is 17.1 Å². The summed E-state index contributed by atoms with van der Waals surface area (Å²) in [7, 11) is 1.62. The molecule has 0 bridgehead atoms. The van der Waals surface area contributed by atoms with Crippen LogP contribution in [0.4, 0.5) is 0 Å². The van der Waals surface area contributed by atoms with Crippen LogP contribution < -0.4 is 4.74 Å². The van der Waals surface area contributed by atoms with Gasteiger partial charge in [-0.15, -0.1) is 0 Å². The Morgan fingerprint density at radius 3 is 2.82 bits per heavy atom. The standard InChI is InChI=1S/C14H16O3/c1-4-12(9(2)15)13-8-11(16-3)7-10-5-6-17-14(10)13/h5-8,12H,4H2,1-3H3. The highest BCUT2D eigenvalue weighted by Gasteiger charge is 2.20. The molecular formula is C14H16O3. The van der Waals surface area contributed by atoms with Gasteiger partial charge in [-0.1, -0.05) is 6.92 Å². The molecule has 1 atom stereocenters. The second-order valence-electron chi connectivity index (χ2n) is 4.13. The second kappa shape index (κ2) is 4.62. The average Bonchev–Trinajstić information content (AvgIpc) is 2.77. The summed E-state index contributed by atoms with van der Waals surface area (Å²) in [6.45, 7) is 3.61. The molecule has 2 rings (SSSR count). The number of benzene rings is 1. The topological polar surface area (TPSA) is 39.4 Å². The lowest BCUT2D eigenvalue weighted by atomic mass is 9.91. The van der Waals surface area contributed by atoms with Crippen molar-refractivity contribution in [3.8, 4) is 5.75 Å². The van der Waals surface area contributed by atoms with Crippen molar-refractivity contribution in [1.82, 2.24) is 0 Å². The Morgan fingerprint density at radius 1 is 1.47 bits per heavy atom. The Hall–Kier alpha value is -1.77. The number of ketones is 1. The minimum atomic E-state index is -0.126. The van der Waals surface area contributed by atoms with Crippen molar-refractivity contribution in [2.75, 3.05) is 7.11 Å². The first-order valence-electron chi connectivity index (χ1n) is 5.73. The molecule has 0 spiro atoms. The molecule has 3 nitrogen and oxygen atoms in total. The maximum Gasteiger partial charge on any atom is 0.138 e. The summed E-state index contributed by atoms with van der Waals surface area (Å²) in [6.07, 6.45) is 2.40. The van der Waals surface area contributed by atoms with Gasteiger partial charge in [0.25, 0.3) is 0 Å². The smallest absolute Gasteiger partial charge is 0.138 e. The van der Waals surface area contributed by atoms with Gasteiger partial charge < -0.3 is 9.15 Å². The lowest BCUT2D eigenvalue weighted by Gasteiger charge is -2.13. The molecule has 0 aliphatic carbocycles. The van der Waals surface area contributed by atoms with Gasteiger partial charge in [0, 0.05) is 16.9 Å². The first kappa shape index (κ1) is 11.7. The summed E-state index contributed by atoms with van der Waals surface area (Å²) in [5.74, 6) is 0.783. The van der Waals surface area contributed by atoms with Crippen molar-refractivity contribution in [1.29, 1.82) is 0 Å². The molecule has 0 N–H and O–H groups in total. The van der Waals surface area contributed by atoms with E-state index in [-0.39, 0.29) is 11.7 Å². The SMILES string of the molecule is CCC(C(C)=O)c1cc(OC)cc2ccoc12. The van der Waals surface area contributed by atoms with Crippen LogP contribution >= 0.6 is 0 Å². The van der Waals surface area contributed by atoms with Crippen molar-refractivity contribution in [3.05, 3.63) is 30.0 Å². The molecule has 1 aromatic heterocycles. The van der Waals surface area contributed by atoms with E-state index in [0.29, 0.717) is 0 Å². The third-order valence-electron chi connectivity index (χ3n) is 3.06. The van der Waals surface area contributed by atoms with Crippen LogP contribution in [-0.2, 0) is 4.79 Å². The van der Waals surface area contributed by atoms with E-state index in [1.807, 2.05) is 25.1 Å². The Bertz CT molecular complexity index is 539. The van der Waals surface area contributed by atoms with E-state index < -0.39 is 0 Å². The maximum atomic E-state index is 11.7. The molecule has 1 aromatic carbocycles. The molecule has 17 heavy (non-hydrogen) atoms. The third kappa shape index (κ3) is 2.05. The largest absolute Gasteiger partial charge is 0.497 e. The summed E-state index contributed by atoms with van der Waals surface area (Å²) in [4.78, 5) is 11.7. The summed E-state index contributed by atoms with van der Waals surface area (Å²) < 4.78 is 10.7. The molecule has 0 saturated heterocycles. The highest BCUT2D eigenvalue weighted by molar-refractivity contribution is 5.91. The van der Waals surface area contributed by atoms with Crippen LogP contribution in [0.15, 0.2) is 28.9 Å². The molecular weight excluding hydrogens is 216 g/mol. The van der Waals surface area contributed by atoms with Gasteiger partial charge in [-0.2, -0.15) is 0 Å². The number of rotatable bonds is 4. The summed E-state index contributed by atoms with van der Waals surface area (Å²) in [6, 6.07) is 5.69. The molecule has 2 aromatic rings. The van der Waals surface area contributed by atoms with Crippen LogP contribution in [-0.4, -0.2) is 12.9 Å². The zero-order valence-corrected chi connectivity index (χ0v) is 10.3. The Balaban J connectivity index is 2.64. The van der Waals surface area contributed by atoms with Gasteiger partial charge in [0.2, 0.25) is 0 Å². The van der Waals surface area contributed by atoms with E-state index in [1.54, 1.807) is 20.3 Å². The fourth-order valence-corrected chi connectivity index (χ4v) is 2.18. The van der Waals surface area contributed by atoms with E-state index in [9.17, 15) is 4.79 Å². The van der Waals surface area contributed by atoms with Crippen LogP contribution in [0.1, 0.15) is 31.7 Å². The monoisotopic (exact) mass is 232 g/mol.